The fraction of sp³-hybridized carbons (Fsp3) is 0.400. The third-order valence-corrected chi connectivity index (χ3v) is 4.74. The van der Waals surface area contributed by atoms with Crippen LogP contribution in [0.4, 0.5) is 5.13 Å². The molecule has 0 radical (unpaired) electrons. The topological polar surface area (TPSA) is 79.9 Å². The van der Waals surface area contributed by atoms with E-state index in [1.165, 1.54) is 0 Å². The van der Waals surface area contributed by atoms with Gasteiger partial charge in [-0.3, -0.25) is 0 Å². The molecule has 1 aliphatic rings. The van der Waals surface area contributed by atoms with Crippen molar-refractivity contribution >= 4 is 34.0 Å². The summed E-state index contributed by atoms with van der Waals surface area (Å²) >= 11 is 7.63. The van der Waals surface area contributed by atoms with E-state index in [2.05, 4.69) is 24.8 Å². The van der Waals surface area contributed by atoms with Crippen LogP contribution in [0.25, 0.3) is 0 Å². The van der Waals surface area contributed by atoms with E-state index < -0.39 is 0 Å². The lowest BCUT2D eigenvalue weighted by Gasteiger charge is -2.35. The number of nitrogens with zero attached hydrogens (tertiary/aromatic N) is 5. The Kier molecular flexibility index (Phi) is 5.71. The predicted octanol–water partition coefficient (Wildman–Crippen LogP) is 1.71. The molecule has 3 heterocycles. The lowest BCUT2D eigenvalue weighted by atomic mass is 10.3. The van der Waals surface area contributed by atoms with Gasteiger partial charge in [-0.25, -0.2) is 15.0 Å². The monoisotopic (exact) mass is 366 g/mol. The molecule has 0 unspecified atom stereocenters. The summed E-state index contributed by atoms with van der Waals surface area (Å²) in [5.74, 6) is 0.967. The Hall–Kier alpha value is -2.06. The minimum absolute atomic E-state index is 0.385. The van der Waals surface area contributed by atoms with Gasteiger partial charge in [0.2, 0.25) is 5.88 Å². The van der Waals surface area contributed by atoms with E-state index in [-0.39, 0.29) is 0 Å². The summed E-state index contributed by atoms with van der Waals surface area (Å²) in [6.45, 7) is 4.30. The number of thiazole rings is 1. The molecular weight excluding hydrogens is 348 g/mol. The van der Waals surface area contributed by atoms with Gasteiger partial charge < -0.3 is 20.3 Å². The molecule has 0 saturated carbocycles. The van der Waals surface area contributed by atoms with Gasteiger partial charge in [0, 0.05) is 44.0 Å². The van der Waals surface area contributed by atoms with Crippen molar-refractivity contribution in [3.63, 3.8) is 0 Å². The molecular formula is C15H19ClN6OS. The van der Waals surface area contributed by atoms with Crippen molar-refractivity contribution in [1.29, 1.82) is 0 Å². The Bertz CT molecular complexity index is 672. The summed E-state index contributed by atoms with van der Waals surface area (Å²) in [6.07, 6.45) is 3.47. The molecule has 7 nitrogen and oxygen atoms in total. The lowest BCUT2D eigenvalue weighted by Crippen LogP contribution is -2.51. The molecule has 0 amide bonds. The Balaban J connectivity index is 1.42. The van der Waals surface area contributed by atoms with Gasteiger partial charge in [0.05, 0.1) is 6.54 Å². The number of aromatic nitrogens is 2. The molecule has 1 fully saturated rings. The standard InChI is InChI=1S/C15H19ClN6OS/c16-12-2-1-3-18-13(12)23-10-4-19-14(17)21-6-8-22(9-7-21)15-20-5-11-24-15/h1-3,5,11H,4,6-10H2,(H2,17,19). The molecule has 3 rings (SSSR count). The van der Waals surface area contributed by atoms with Crippen molar-refractivity contribution in [2.45, 2.75) is 0 Å². The Labute approximate surface area is 149 Å². The second-order valence-corrected chi connectivity index (χ2v) is 6.45. The molecule has 0 aromatic carbocycles. The summed E-state index contributed by atoms with van der Waals surface area (Å²) in [5.41, 5.74) is 6.07. The lowest BCUT2D eigenvalue weighted by molar-refractivity contribution is 0.314. The van der Waals surface area contributed by atoms with Gasteiger partial charge in [0.15, 0.2) is 11.1 Å². The van der Waals surface area contributed by atoms with Crippen molar-refractivity contribution < 1.29 is 4.74 Å². The van der Waals surface area contributed by atoms with Crippen molar-refractivity contribution in [2.24, 2.45) is 10.7 Å². The van der Waals surface area contributed by atoms with E-state index in [0.29, 0.717) is 30.0 Å². The maximum atomic E-state index is 6.07. The number of anilines is 1. The minimum atomic E-state index is 0.385. The van der Waals surface area contributed by atoms with Crippen LogP contribution in [0.3, 0.4) is 0 Å². The fourth-order valence-electron chi connectivity index (χ4n) is 2.38. The van der Waals surface area contributed by atoms with Crippen LogP contribution in [0.1, 0.15) is 0 Å². The molecule has 2 aromatic heterocycles. The highest BCUT2D eigenvalue weighted by molar-refractivity contribution is 7.13. The summed E-state index contributed by atoms with van der Waals surface area (Å²) in [7, 11) is 0. The van der Waals surface area contributed by atoms with Crippen LogP contribution in [-0.2, 0) is 0 Å². The van der Waals surface area contributed by atoms with Gasteiger partial charge in [-0.05, 0) is 12.1 Å². The maximum Gasteiger partial charge on any atom is 0.232 e. The molecule has 9 heteroatoms. The molecule has 1 saturated heterocycles. The summed E-state index contributed by atoms with van der Waals surface area (Å²) in [4.78, 5) is 17.1. The van der Waals surface area contributed by atoms with Crippen molar-refractivity contribution in [2.75, 3.05) is 44.2 Å². The normalized spacial score (nSPS) is 15.6. The predicted molar refractivity (Wildman–Crippen MR) is 97.1 cm³/mol. The molecule has 2 aromatic rings. The third kappa shape index (κ3) is 4.27. The number of piperazine rings is 1. The second-order valence-electron chi connectivity index (χ2n) is 5.17. The van der Waals surface area contributed by atoms with Crippen molar-refractivity contribution in [3.05, 3.63) is 34.9 Å². The van der Waals surface area contributed by atoms with Gasteiger partial charge in [0.1, 0.15) is 11.6 Å². The third-order valence-electron chi connectivity index (χ3n) is 3.62. The number of hydrogen-bond donors (Lipinski definition) is 1. The van der Waals surface area contributed by atoms with E-state index in [1.807, 2.05) is 11.6 Å². The van der Waals surface area contributed by atoms with E-state index in [0.717, 1.165) is 31.3 Å². The number of rotatable bonds is 5. The van der Waals surface area contributed by atoms with Crippen LogP contribution in [0.5, 0.6) is 5.88 Å². The van der Waals surface area contributed by atoms with Crippen LogP contribution in [0, 0.1) is 0 Å². The van der Waals surface area contributed by atoms with Gasteiger partial charge in [-0.15, -0.1) is 11.3 Å². The zero-order valence-corrected chi connectivity index (χ0v) is 14.7. The van der Waals surface area contributed by atoms with Gasteiger partial charge in [-0.2, -0.15) is 0 Å². The van der Waals surface area contributed by atoms with Gasteiger partial charge in [-0.1, -0.05) is 11.6 Å². The van der Waals surface area contributed by atoms with Crippen LogP contribution >= 0.6 is 22.9 Å². The number of hydrogen-bond acceptors (Lipinski definition) is 6. The first-order valence-corrected chi connectivity index (χ1v) is 8.92. The molecule has 0 bridgehead atoms. The molecule has 128 valence electrons. The Morgan fingerprint density at radius 2 is 2.12 bits per heavy atom. The zero-order valence-electron chi connectivity index (χ0n) is 13.1. The van der Waals surface area contributed by atoms with E-state index in [4.69, 9.17) is 22.1 Å². The first kappa shape index (κ1) is 16.8. The molecule has 0 aliphatic carbocycles. The highest BCUT2D eigenvalue weighted by Crippen LogP contribution is 2.20. The van der Waals surface area contributed by atoms with E-state index >= 15 is 0 Å². The summed E-state index contributed by atoms with van der Waals surface area (Å²) in [6, 6.07) is 3.50. The van der Waals surface area contributed by atoms with Crippen molar-refractivity contribution in [1.82, 2.24) is 14.9 Å². The Morgan fingerprint density at radius 3 is 2.83 bits per heavy atom. The quantitative estimate of drug-likeness (QED) is 0.493. The Morgan fingerprint density at radius 1 is 1.29 bits per heavy atom. The number of aliphatic imine (C=N–C) groups is 1. The number of halogens is 1. The molecule has 24 heavy (non-hydrogen) atoms. The van der Waals surface area contributed by atoms with Crippen LogP contribution in [-0.4, -0.2) is 60.2 Å². The maximum absolute atomic E-state index is 6.07. The highest BCUT2D eigenvalue weighted by atomic mass is 35.5. The van der Waals surface area contributed by atoms with Crippen LogP contribution in [0.2, 0.25) is 5.02 Å². The highest BCUT2D eigenvalue weighted by Gasteiger charge is 2.19. The number of guanidine groups is 1. The van der Waals surface area contributed by atoms with E-state index in [9.17, 15) is 0 Å². The van der Waals surface area contributed by atoms with Crippen molar-refractivity contribution in [3.8, 4) is 5.88 Å². The largest absolute Gasteiger partial charge is 0.475 e. The van der Waals surface area contributed by atoms with Crippen LogP contribution in [0.15, 0.2) is 34.9 Å². The minimum Gasteiger partial charge on any atom is -0.475 e. The second kappa shape index (κ2) is 8.16. The van der Waals surface area contributed by atoms with Gasteiger partial charge in [0.25, 0.3) is 0 Å². The SMILES string of the molecule is NC(=NCCOc1ncccc1Cl)N1CCN(c2nccs2)CC1. The molecule has 0 spiro atoms. The van der Waals surface area contributed by atoms with E-state index in [1.54, 1.807) is 29.7 Å². The zero-order chi connectivity index (χ0) is 16.8. The molecule has 0 atom stereocenters. The number of pyridine rings is 1. The average Bonchev–Trinajstić information content (AvgIpc) is 3.15. The number of ether oxygens (including phenoxy) is 1. The molecule has 1 aliphatic heterocycles. The number of nitrogens with two attached hydrogens (primary N) is 1. The van der Waals surface area contributed by atoms with Gasteiger partial charge >= 0.3 is 0 Å². The fourth-order valence-corrected chi connectivity index (χ4v) is 3.25. The first-order chi connectivity index (χ1) is 11.7. The summed E-state index contributed by atoms with van der Waals surface area (Å²) in [5, 5.41) is 3.55. The first-order valence-electron chi connectivity index (χ1n) is 7.66. The molecule has 2 N–H and O–H groups in total. The average molecular weight is 367 g/mol. The smallest absolute Gasteiger partial charge is 0.232 e. The summed E-state index contributed by atoms with van der Waals surface area (Å²) < 4.78 is 5.50. The van der Waals surface area contributed by atoms with Crippen LogP contribution < -0.4 is 15.4 Å².